The fourth-order valence-corrected chi connectivity index (χ4v) is 5.48. The lowest BCUT2D eigenvalue weighted by molar-refractivity contribution is -0.124. The number of aryl methyl sites for hydroxylation is 1. The number of sulfonamides is 1. The van der Waals surface area contributed by atoms with Crippen molar-refractivity contribution in [1.82, 2.24) is 4.31 Å². The van der Waals surface area contributed by atoms with E-state index in [0.717, 1.165) is 62.7 Å². The molecule has 0 bridgehead atoms. The van der Waals surface area contributed by atoms with Crippen LogP contribution >= 0.6 is 0 Å². The van der Waals surface area contributed by atoms with Gasteiger partial charge in [0, 0.05) is 31.2 Å². The van der Waals surface area contributed by atoms with Crippen LogP contribution in [0.3, 0.4) is 0 Å². The first kappa shape index (κ1) is 16.1. The zero-order valence-electron chi connectivity index (χ0n) is 13.9. The molecule has 1 saturated carbocycles. The van der Waals surface area contributed by atoms with Gasteiger partial charge in [0.15, 0.2) is 0 Å². The number of nitrogens with zero attached hydrogens (tertiary/aromatic N) is 2. The van der Waals surface area contributed by atoms with Gasteiger partial charge < -0.3 is 4.90 Å². The topological polar surface area (TPSA) is 57.7 Å². The summed E-state index contributed by atoms with van der Waals surface area (Å²) in [5.74, 6) is 0.390. The summed E-state index contributed by atoms with van der Waals surface area (Å²) in [5, 5.41) is 0. The minimum absolute atomic E-state index is 0.170. The average molecular weight is 348 g/mol. The molecule has 0 atom stereocenters. The fraction of sp³-hybridized carbons (Fsp3) is 0.611. The normalized spacial score (nSPS) is 22.2. The molecular formula is C18H24N2O3S. The van der Waals surface area contributed by atoms with Crippen molar-refractivity contribution in [1.29, 1.82) is 0 Å². The summed E-state index contributed by atoms with van der Waals surface area (Å²) >= 11 is 0. The summed E-state index contributed by atoms with van der Waals surface area (Å²) in [6, 6.07) is 5.32. The molecule has 5 nitrogen and oxygen atoms in total. The van der Waals surface area contributed by atoms with Crippen LogP contribution in [0.5, 0.6) is 0 Å². The molecule has 0 aromatic heterocycles. The smallest absolute Gasteiger partial charge is 0.243 e. The highest BCUT2D eigenvalue weighted by molar-refractivity contribution is 7.89. The van der Waals surface area contributed by atoms with E-state index < -0.39 is 10.0 Å². The minimum Gasteiger partial charge on any atom is -0.312 e. The molecule has 4 rings (SSSR count). The molecule has 3 aliphatic rings. The highest BCUT2D eigenvalue weighted by Gasteiger charge is 2.33. The van der Waals surface area contributed by atoms with E-state index in [1.54, 1.807) is 16.4 Å². The van der Waals surface area contributed by atoms with Gasteiger partial charge in [-0.25, -0.2) is 8.42 Å². The molecule has 2 fully saturated rings. The van der Waals surface area contributed by atoms with Crippen molar-refractivity contribution >= 4 is 21.6 Å². The molecule has 2 heterocycles. The zero-order valence-corrected chi connectivity index (χ0v) is 14.7. The van der Waals surface area contributed by atoms with Crippen LogP contribution in [0.2, 0.25) is 0 Å². The predicted octanol–water partition coefficient (Wildman–Crippen LogP) is 2.55. The molecule has 1 aliphatic carbocycles. The van der Waals surface area contributed by atoms with Gasteiger partial charge in [-0.1, -0.05) is 6.42 Å². The molecule has 1 saturated heterocycles. The van der Waals surface area contributed by atoms with E-state index in [1.807, 2.05) is 11.0 Å². The maximum Gasteiger partial charge on any atom is 0.243 e. The van der Waals surface area contributed by atoms with Gasteiger partial charge in [-0.2, -0.15) is 4.31 Å². The standard InChI is InChI=1S/C18H24N2O3S/c21-18(14-5-3-6-14)20-12-4-7-15-13-16(8-9-17(15)20)24(22,23)19-10-1-2-11-19/h8-9,13-14H,1-7,10-12H2. The second-order valence-electron chi connectivity index (χ2n) is 7.12. The number of carbonyl (C=O) groups excluding carboxylic acids is 1. The summed E-state index contributed by atoms with van der Waals surface area (Å²) in [4.78, 5) is 14.9. The third-order valence-electron chi connectivity index (χ3n) is 5.59. The minimum atomic E-state index is -3.39. The molecule has 130 valence electrons. The van der Waals surface area contributed by atoms with Crippen LogP contribution in [-0.2, 0) is 21.2 Å². The molecule has 0 unspecified atom stereocenters. The molecule has 0 N–H and O–H groups in total. The van der Waals surface area contributed by atoms with Gasteiger partial charge in [0.25, 0.3) is 0 Å². The largest absolute Gasteiger partial charge is 0.312 e. The van der Waals surface area contributed by atoms with Crippen molar-refractivity contribution in [3.63, 3.8) is 0 Å². The molecule has 2 aliphatic heterocycles. The van der Waals surface area contributed by atoms with Crippen LogP contribution in [0.1, 0.15) is 44.1 Å². The van der Waals surface area contributed by atoms with Crippen molar-refractivity contribution in [2.75, 3.05) is 24.5 Å². The van der Waals surface area contributed by atoms with Crippen molar-refractivity contribution < 1.29 is 13.2 Å². The Labute approximate surface area is 143 Å². The van der Waals surface area contributed by atoms with Gasteiger partial charge in [-0.05, 0) is 62.3 Å². The van der Waals surface area contributed by atoms with E-state index in [2.05, 4.69) is 0 Å². The maximum atomic E-state index is 12.7. The van der Waals surface area contributed by atoms with Gasteiger partial charge in [0.2, 0.25) is 15.9 Å². The molecule has 6 heteroatoms. The fourth-order valence-electron chi connectivity index (χ4n) is 3.92. The third-order valence-corrected chi connectivity index (χ3v) is 7.49. The Kier molecular flexibility index (Phi) is 4.12. The first-order valence-electron chi connectivity index (χ1n) is 9.02. The molecule has 1 aromatic carbocycles. The number of fused-ring (bicyclic) bond motifs is 1. The van der Waals surface area contributed by atoms with Gasteiger partial charge in [-0.3, -0.25) is 4.79 Å². The van der Waals surface area contributed by atoms with E-state index in [4.69, 9.17) is 0 Å². The van der Waals surface area contributed by atoms with Crippen molar-refractivity contribution in [2.24, 2.45) is 5.92 Å². The van der Waals surface area contributed by atoms with Gasteiger partial charge in [-0.15, -0.1) is 0 Å². The number of amides is 1. The van der Waals surface area contributed by atoms with E-state index >= 15 is 0 Å². The van der Waals surface area contributed by atoms with E-state index in [0.29, 0.717) is 18.0 Å². The van der Waals surface area contributed by atoms with Crippen molar-refractivity contribution in [3.8, 4) is 0 Å². The summed E-state index contributed by atoms with van der Waals surface area (Å²) in [6.07, 6.45) is 6.75. The number of carbonyl (C=O) groups is 1. The third kappa shape index (κ3) is 2.65. The quantitative estimate of drug-likeness (QED) is 0.843. The Bertz CT molecular complexity index is 750. The predicted molar refractivity (Wildman–Crippen MR) is 92.4 cm³/mol. The monoisotopic (exact) mass is 348 g/mol. The van der Waals surface area contributed by atoms with E-state index in [9.17, 15) is 13.2 Å². The Morgan fingerprint density at radius 3 is 2.42 bits per heavy atom. The van der Waals surface area contributed by atoms with Crippen LogP contribution in [0.4, 0.5) is 5.69 Å². The molecule has 0 spiro atoms. The molecular weight excluding hydrogens is 324 g/mol. The van der Waals surface area contributed by atoms with Crippen LogP contribution < -0.4 is 4.90 Å². The van der Waals surface area contributed by atoms with Crippen LogP contribution in [0.25, 0.3) is 0 Å². The molecule has 1 amide bonds. The summed E-state index contributed by atoms with van der Waals surface area (Å²) in [5.41, 5.74) is 1.91. The second kappa shape index (κ2) is 6.15. The SMILES string of the molecule is O=C(C1CCC1)N1CCCc2cc(S(=O)(=O)N3CCCC3)ccc21. The second-order valence-corrected chi connectivity index (χ2v) is 9.06. The number of anilines is 1. The summed E-state index contributed by atoms with van der Waals surface area (Å²) in [7, 11) is -3.39. The molecule has 0 radical (unpaired) electrons. The van der Waals surface area contributed by atoms with E-state index in [-0.39, 0.29) is 11.8 Å². The van der Waals surface area contributed by atoms with Crippen molar-refractivity contribution in [2.45, 2.75) is 49.8 Å². The van der Waals surface area contributed by atoms with Gasteiger partial charge in [0.1, 0.15) is 0 Å². The van der Waals surface area contributed by atoms with E-state index in [1.165, 1.54) is 0 Å². The van der Waals surface area contributed by atoms with Crippen molar-refractivity contribution in [3.05, 3.63) is 23.8 Å². The number of hydrogen-bond acceptors (Lipinski definition) is 3. The summed E-state index contributed by atoms with van der Waals surface area (Å²) in [6.45, 7) is 1.98. The Hall–Kier alpha value is -1.40. The Morgan fingerprint density at radius 1 is 1.00 bits per heavy atom. The van der Waals surface area contributed by atoms with Crippen LogP contribution in [0, 0.1) is 5.92 Å². The van der Waals surface area contributed by atoms with Crippen LogP contribution in [-0.4, -0.2) is 38.3 Å². The first-order chi connectivity index (χ1) is 11.6. The molecule has 1 aromatic rings. The highest BCUT2D eigenvalue weighted by atomic mass is 32.2. The number of benzene rings is 1. The average Bonchev–Trinajstić information content (AvgIpc) is 3.07. The Balaban J connectivity index is 1.64. The lowest BCUT2D eigenvalue weighted by Gasteiger charge is -2.35. The van der Waals surface area contributed by atoms with Gasteiger partial charge in [0.05, 0.1) is 4.90 Å². The lowest BCUT2D eigenvalue weighted by atomic mass is 9.83. The zero-order chi connectivity index (χ0) is 16.7. The number of rotatable bonds is 3. The lowest BCUT2D eigenvalue weighted by Crippen LogP contribution is -2.41. The molecule has 24 heavy (non-hydrogen) atoms. The first-order valence-corrected chi connectivity index (χ1v) is 10.5. The van der Waals surface area contributed by atoms with Crippen LogP contribution in [0.15, 0.2) is 23.1 Å². The maximum absolute atomic E-state index is 12.7. The van der Waals surface area contributed by atoms with Gasteiger partial charge >= 0.3 is 0 Å². The number of hydrogen-bond donors (Lipinski definition) is 0. The summed E-state index contributed by atoms with van der Waals surface area (Å²) < 4.78 is 27.1. The Morgan fingerprint density at radius 2 is 1.75 bits per heavy atom. The highest BCUT2D eigenvalue weighted by Crippen LogP contribution is 2.35.